The lowest BCUT2D eigenvalue weighted by Gasteiger charge is -2.19. The zero-order valence-corrected chi connectivity index (χ0v) is 17.7. The molecule has 0 fully saturated rings. The third-order valence-electron chi connectivity index (χ3n) is 5.62. The Labute approximate surface area is 192 Å². The zero-order valence-electron chi connectivity index (χ0n) is 17.7. The maximum absolute atomic E-state index is 12.9. The van der Waals surface area contributed by atoms with Crippen LogP contribution < -0.4 is 10.6 Å². The number of carbonyl (C=O) groups excluding carboxylic acids is 4. The van der Waals surface area contributed by atoms with Crippen molar-refractivity contribution in [3.63, 3.8) is 0 Å². The fourth-order valence-electron chi connectivity index (χ4n) is 3.89. The number of hydrogen-bond acceptors (Lipinski definition) is 6. The molecule has 3 aromatic carbocycles. The molecule has 4 aromatic rings. The van der Waals surface area contributed by atoms with Crippen molar-refractivity contribution in [3.05, 3.63) is 94.5 Å². The number of ketones is 2. The van der Waals surface area contributed by atoms with Gasteiger partial charge in [-0.05, 0) is 30.3 Å². The van der Waals surface area contributed by atoms with Crippen LogP contribution in [0.4, 0.5) is 5.95 Å². The minimum Gasteiger partial charge on any atom is -0.394 e. The van der Waals surface area contributed by atoms with Crippen molar-refractivity contribution in [3.8, 4) is 0 Å². The van der Waals surface area contributed by atoms with E-state index in [9.17, 15) is 24.3 Å². The van der Waals surface area contributed by atoms with Gasteiger partial charge < -0.3 is 15.4 Å². The van der Waals surface area contributed by atoms with Gasteiger partial charge in [0.25, 0.3) is 11.8 Å². The summed E-state index contributed by atoms with van der Waals surface area (Å²) in [6.07, 6.45) is 0. The van der Waals surface area contributed by atoms with Gasteiger partial charge in [0.1, 0.15) is 6.04 Å². The summed E-state index contributed by atoms with van der Waals surface area (Å²) in [5.41, 5.74) is 2.37. The summed E-state index contributed by atoms with van der Waals surface area (Å²) in [5, 5.41) is 14.7. The van der Waals surface area contributed by atoms with Crippen molar-refractivity contribution >= 4 is 40.4 Å². The van der Waals surface area contributed by atoms with Crippen LogP contribution in [0, 0.1) is 0 Å². The highest BCUT2D eigenvalue weighted by Crippen LogP contribution is 2.28. The number of anilines is 1. The number of rotatable bonds is 5. The van der Waals surface area contributed by atoms with Crippen molar-refractivity contribution in [2.75, 3.05) is 11.9 Å². The van der Waals surface area contributed by atoms with Crippen LogP contribution in [0.5, 0.6) is 0 Å². The molecule has 5 rings (SSSR count). The molecular weight excluding hydrogens is 436 g/mol. The number of amides is 2. The molecule has 9 heteroatoms. The third-order valence-corrected chi connectivity index (χ3v) is 5.62. The topological polar surface area (TPSA) is 141 Å². The summed E-state index contributed by atoms with van der Waals surface area (Å²) in [4.78, 5) is 58.2. The first-order valence-corrected chi connectivity index (χ1v) is 10.5. The molecule has 34 heavy (non-hydrogen) atoms. The molecule has 1 unspecified atom stereocenters. The summed E-state index contributed by atoms with van der Waals surface area (Å²) in [5.74, 6) is -1.83. The predicted molar refractivity (Wildman–Crippen MR) is 123 cm³/mol. The molecule has 1 atom stereocenters. The van der Waals surface area contributed by atoms with Gasteiger partial charge in [0, 0.05) is 27.8 Å². The highest BCUT2D eigenvalue weighted by Gasteiger charge is 2.30. The number of aliphatic hydroxyl groups is 1. The van der Waals surface area contributed by atoms with E-state index in [1.54, 1.807) is 42.5 Å². The number of fused-ring (bicyclic) bond motifs is 3. The summed E-state index contributed by atoms with van der Waals surface area (Å²) >= 11 is 0. The van der Waals surface area contributed by atoms with E-state index in [1.165, 1.54) is 18.2 Å². The highest BCUT2D eigenvalue weighted by atomic mass is 16.3. The average Bonchev–Trinajstić information content (AvgIpc) is 3.27. The lowest BCUT2D eigenvalue weighted by Crippen LogP contribution is -2.46. The second kappa shape index (κ2) is 8.38. The van der Waals surface area contributed by atoms with Crippen LogP contribution in [0.1, 0.15) is 42.2 Å². The SMILES string of the molecule is O=C(NC(CO)C(=O)Nc1nc2ccccc2[nH]1)c1ccc2c(c1)C(=O)c1ccccc1C2=O. The molecule has 0 bridgehead atoms. The van der Waals surface area contributed by atoms with E-state index in [1.807, 2.05) is 6.07 Å². The molecule has 0 saturated heterocycles. The van der Waals surface area contributed by atoms with Crippen LogP contribution >= 0.6 is 0 Å². The van der Waals surface area contributed by atoms with Gasteiger partial charge in [-0.2, -0.15) is 0 Å². The molecule has 1 heterocycles. The fraction of sp³-hybridized carbons (Fsp3) is 0.0800. The van der Waals surface area contributed by atoms with Crippen molar-refractivity contribution in [1.29, 1.82) is 0 Å². The minimum absolute atomic E-state index is 0.0780. The standard InChI is InChI=1S/C25H18N4O5/c30-12-20(24(34)29-25-27-18-7-3-4-8-19(18)28-25)26-23(33)13-9-10-16-17(11-13)22(32)15-6-2-1-5-14(15)21(16)31/h1-11,20,30H,12H2,(H,26,33)(H2,27,28,29,34). The predicted octanol–water partition coefficient (Wildman–Crippen LogP) is 2.07. The number of imidazole rings is 1. The molecule has 0 radical (unpaired) electrons. The number of hydrogen-bond donors (Lipinski definition) is 4. The van der Waals surface area contributed by atoms with Gasteiger partial charge in [0.15, 0.2) is 11.6 Å². The molecule has 0 spiro atoms. The van der Waals surface area contributed by atoms with E-state index in [0.717, 1.165) is 5.52 Å². The van der Waals surface area contributed by atoms with E-state index in [0.29, 0.717) is 11.1 Å². The quantitative estimate of drug-likeness (QED) is 0.320. The van der Waals surface area contributed by atoms with E-state index >= 15 is 0 Å². The Hall–Kier alpha value is -4.63. The maximum Gasteiger partial charge on any atom is 0.252 e. The monoisotopic (exact) mass is 454 g/mol. The molecule has 4 N–H and O–H groups in total. The van der Waals surface area contributed by atoms with Gasteiger partial charge in [-0.1, -0.05) is 36.4 Å². The van der Waals surface area contributed by atoms with E-state index in [-0.39, 0.29) is 39.8 Å². The lowest BCUT2D eigenvalue weighted by molar-refractivity contribution is -0.118. The molecule has 0 saturated carbocycles. The summed E-state index contributed by atoms with van der Waals surface area (Å²) < 4.78 is 0. The molecule has 168 valence electrons. The van der Waals surface area contributed by atoms with Crippen molar-refractivity contribution < 1.29 is 24.3 Å². The Bertz CT molecular complexity index is 1460. The van der Waals surface area contributed by atoms with E-state index in [4.69, 9.17) is 0 Å². The molecular formula is C25H18N4O5. The van der Waals surface area contributed by atoms with Crippen LogP contribution in [0.25, 0.3) is 11.0 Å². The third kappa shape index (κ3) is 3.63. The number of nitrogens with one attached hydrogen (secondary N) is 3. The van der Waals surface area contributed by atoms with Crippen LogP contribution in [0.3, 0.4) is 0 Å². The largest absolute Gasteiger partial charge is 0.394 e. The van der Waals surface area contributed by atoms with Crippen molar-refractivity contribution in [1.82, 2.24) is 15.3 Å². The Kier molecular flexibility index (Phi) is 5.23. The first-order valence-electron chi connectivity index (χ1n) is 10.5. The van der Waals surface area contributed by atoms with Crippen molar-refractivity contribution in [2.45, 2.75) is 6.04 Å². The zero-order chi connectivity index (χ0) is 23.8. The van der Waals surface area contributed by atoms with Crippen LogP contribution in [-0.2, 0) is 4.79 Å². The van der Waals surface area contributed by atoms with Crippen molar-refractivity contribution in [2.24, 2.45) is 0 Å². The van der Waals surface area contributed by atoms with Gasteiger partial charge >= 0.3 is 0 Å². The van der Waals surface area contributed by atoms with Gasteiger partial charge in [0.05, 0.1) is 17.6 Å². The van der Waals surface area contributed by atoms with E-state index in [2.05, 4.69) is 20.6 Å². The number of nitrogens with zero attached hydrogens (tertiary/aromatic N) is 1. The summed E-state index contributed by atoms with van der Waals surface area (Å²) in [6.45, 7) is -0.659. The van der Waals surface area contributed by atoms with Crippen LogP contribution in [-0.4, -0.2) is 51.1 Å². The summed E-state index contributed by atoms with van der Waals surface area (Å²) in [7, 11) is 0. The maximum atomic E-state index is 12.9. The molecule has 9 nitrogen and oxygen atoms in total. The minimum atomic E-state index is -1.27. The first kappa shape index (κ1) is 21.2. The second-order valence-corrected chi connectivity index (χ2v) is 7.76. The van der Waals surface area contributed by atoms with Gasteiger partial charge in [0.2, 0.25) is 5.95 Å². The molecule has 1 aliphatic rings. The Morgan fingerprint density at radius 2 is 1.53 bits per heavy atom. The van der Waals surface area contributed by atoms with Gasteiger partial charge in [-0.15, -0.1) is 0 Å². The lowest BCUT2D eigenvalue weighted by atomic mass is 9.83. The van der Waals surface area contributed by atoms with Gasteiger partial charge in [-0.3, -0.25) is 24.5 Å². The van der Waals surface area contributed by atoms with E-state index < -0.39 is 24.5 Å². The smallest absolute Gasteiger partial charge is 0.252 e. The van der Waals surface area contributed by atoms with Gasteiger partial charge in [-0.25, -0.2) is 4.98 Å². The fourth-order valence-corrected chi connectivity index (χ4v) is 3.89. The van der Waals surface area contributed by atoms with Crippen LogP contribution in [0.2, 0.25) is 0 Å². The molecule has 1 aliphatic carbocycles. The average molecular weight is 454 g/mol. The number of H-pyrrole nitrogens is 1. The first-order chi connectivity index (χ1) is 16.5. The normalized spacial score (nSPS) is 13.2. The Morgan fingerprint density at radius 3 is 2.24 bits per heavy atom. The molecule has 0 aliphatic heterocycles. The number of benzene rings is 3. The highest BCUT2D eigenvalue weighted by molar-refractivity contribution is 6.28. The number of aliphatic hydroxyl groups excluding tert-OH is 1. The second-order valence-electron chi connectivity index (χ2n) is 7.76. The Balaban J connectivity index is 1.34. The number of aromatic nitrogens is 2. The number of para-hydroxylation sites is 2. The number of carbonyl (C=O) groups is 4. The molecule has 1 aromatic heterocycles. The number of aromatic amines is 1. The summed E-state index contributed by atoms with van der Waals surface area (Å²) in [6, 6.07) is 16.6. The Morgan fingerprint density at radius 1 is 0.882 bits per heavy atom. The van der Waals surface area contributed by atoms with Crippen LogP contribution in [0.15, 0.2) is 66.7 Å². The molecule has 2 amide bonds.